The normalized spacial score (nSPS) is 13.7. The summed E-state index contributed by atoms with van der Waals surface area (Å²) in [5.41, 5.74) is 0.981. The molecule has 1 saturated heterocycles. The van der Waals surface area contributed by atoms with Crippen LogP contribution < -0.4 is 0 Å². The van der Waals surface area contributed by atoms with Crippen LogP contribution in [0, 0.1) is 12.3 Å². The molecular weight excluding hydrogens is 538 g/mol. The molecule has 1 aliphatic heterocycles. The quantitative estimate of drug-likeness (QED) is 0.134. The molecule has 0 atom stereocenters. The lowest BCUT2D eigenvalue weighted by molar-refractivity contribution is 0.0666. The predicted molar refractivity (Wildman–Crippen MR) is 167 cm³/mol. The zero-order valence-corrected chi connectivity index (χ0v) is 24.9. The van der Waals surface area contributed by atoms with Gasteiger partial charge < -0.3 is 9.64 Å². The summed E-state index contributed by atoms with van der Waals surface area (Å²) in [7, 11) is 2.15. The Kier molecular flexibility index (Phi) is 14.5. The number of benzene rings is 3. The first-order chi connectivity index (χ1) is 19.5. The molecule has 0 aliphatic carbocycles. The largest absolute Gasteiger partial charge is 0.445 e. The number of likely N-dealkylation sites (tertiary alicyclic amines) is 1. The second-order valence-electron chi connectivity index (χ2n) is 9.70. The Morgan fingerprint density at radius 1 is 0.975 bits per heavy atom. The molecule has 1 amide bonds. The zero-order chi connectivity index (χ0) is 28.4. The highest BCUT2D eigenvalue weighted by atomic mass is 35.5. The molecular formula is C33H40ClN3O2S. The Morgan fingerprint density at radius 2 is 1.57 bits per heavy atom. The van der Waals surface area contributed by atoms with Gasteiger partial charge in [-0.25, -0.2) is 9.10 Å². The first-order valence-corrected chi connectivity index (χ1v) is 15.0. The van der Waals surface area contributed by atoms with E-state index in [9.17, 15) is 4.79 Å². The average Bonchev–Trinajstić information content (AvgIpc) is 2.99. The van der Waals surface area contributed by atoms with Crippen molar-refractivity contribution in [2.24, 2.45) is 0 Å². The maximum absolute atomic E-state index is 12.7. The molecule has 0 saturated carbocycles. The number of amides is 1. The number of terminal acetylenes is 1. The van der Waals surface area contributed by atoms with Crippen LogP contribution >= 0.6 is 23.5 Å². The molecule has 0 radical (unpaired) electrons. The summed E-state index contributed by atoms with van der Waals surface area (Å²) in [4.78, 5) is 18.2. The van der Waals surface area contributed by atoms with Crippen molar-refractivity contribution in [2.45, 2.75) is 43.2 Å². The van der Waals surface area contributed by atoms with E-state index in [0.29, 0.717) is 6.54 Å². The molecule has 4 rings (SSSR count). The lowest BCUT2D eigenvalue weighted by atomic mass is 10.0. The average molecular weight is 578 g/mol. The number of piperidine rings is 1. The maximum atomic E-state index is 12.7. The van der Waals surface area contributed by atoms with Crippen molar-refractivity contribution in [1.29, 1.82) is 0 Å². The van der Waals surface area contributed by atoms with Crippen LogP contribution in [0.4, 0.5) is 4.79 Å². The second-order valence-corrected chi connectivity index (χ2v) is 11.4. The van der Waals surface area contributed by atoms with Gasteiger partial charge in [-0.15, -0.1) is 6.42 Å². The lowest BCUT2D eigenvalue weighted by Crippen LogP contribution is -2.47. The van der Waals surface area contributed by atoms with Crippen LogP contribution in [0.15, 0.2) is 95.9 Å². The first-order valence-electron chi connectivity index (χ1n) is 13.8. The van der Waals surface area contributed by atoms with Crippen molar-refractivity contribution < 1.29 is 9.53 Å². The van der Waals surface area contributed by atoms with Crippen molar-refractivity contribution in [2.75, 3.05) is 39.8 Å². The molecule has 1 heterocycles. The van der Waals surface area contributed by atoms with Gasteiger partial charge >= 0.3 is 6.09 Å². The number of carbonyl (C=O) groups excluding carboxylic acids is 1. The molecule has 5 nitrogen and oxygen atoms in total. The Labute approximate surface area is 249 Å². The zero-order valence-electron chi connectivity index (χ0n) is 23.3. The van der Waals surface area contributed by atoms with Crippen LogP contribution in [0.2, 0.25) is 5.02 Å². The van der Waals surface area contributed by atoms with Crippen molar-refractivity contribution in [1.82, 2.24) is 14.1 Å². The van der Waals surface area contributed by atoms with E-state index in [2.05, 4.69) is 46.4 Å². The molecule has 0 aromatic heterocycles. The highest BCUT2D eigenvalue weighted by Crippen LogP contribution is 2.21. The first kappa shape index (κ1) is 31.6. The Morgan fingerprint density at radius 3 is 2.15 bits per heavy atom. The highest BCUT2D eigenvalue weighted by Gasteiger charge is 2.28. The van der Waals surface area contributed by atoms with Crippen LogP contribution in [0.25, 0.3) is 0 Å². The fourth-order valence-electron chi connectivity index (χ4n) is 4.49. The minimum atomic E-state index is -0.311. The van der Waals surface area contributed by atoms with Gasteiger partial charge in [0.2, 0.25) is 0 Å². The van der Waals surface area contributed by atoms with Crippen LogP contribution in [0.3, 0.4) is 0 Å². The monoisotopic (exact) mass is 577 g/mol. The molecule has 7 heteroatoms. The molecule has 0 unspecified atom stereocenters. The van der Waals surface area contributed by atoms with Gasteiger partial charge in [0.15, 0.2) is 0 Å². The number of hydrogen-bond donors (Lipinski definition) is 0. The van der Waals surface area contributed by atoms with E-state index in [1.165, 1.54) is 17.7 Å². The van der Waals surface area contributed by atoms with Gasteiger partial charge in [-0.05, 0) is 81.1 Å². The summed E-state index contributed by atoms with van der Waals surface area (Å²) in [6.45, 7) is 4.72. The maximum Gasteiger partial charge on any atom is 0.411 e. The molecule has 0 N–H and O–H groups in total. The fourth-order valence-corrected chi connectivity index (χ4v) is 5.49. The summed E-state index contributed by atoms with van der Waals surface area (Å²) in [6, 6.07) is 29.8. The van der Waals surface area contributed by atoms with Crippen LogP contribution in [0.1, 0.15) is 31.2 Å². The molecule has 0 bridgehead atoms. The predicted octanol–water partition coefficient (Wildman–Crippen LogP) is 7.48. The van der Waals surface area contributed by atoms with E-state index in [-0.39, 0.29) is 18.7 Å². The van der Waals surface area contributed by atoms with Crippen molar-refractivity contribution >= 4 is 29.6 Å². The van der Waals surface area contributed by atoms with Crippen molar-refractivity contribution in [3.8, 4) is 12.3 Å². The van der Waals surface area contributed by atoms with E-state index < -0.39 is 0 Å². The van der Waals surface area contributed by atoms with Gasteiger partial charge in [-0.3, -0.25) is 4.90 Å². The number of ether oxygens (including phenoxy) is 1. The minimum absolute atomic E-state index is 0.147. The fraction of sp³-hybridized carbons (Fsp3) is 0.364. The van der Waals surface area contributed by atoms with Crippen molar-refractivity contribution in [3.05, 3.63) is 102 Å². The summed E-state index contributed by atoms with van der Waals surface area (Å²) in [5.74, 6) is 2.63. The van der Waals surface area contributed by atoms with Crippen LogP contribution in [-0.4, -0.2) is 66.0 Å². The van der Waals surface area contributed by atoms with Gasteiger partial charge in [0.25, 0.3) is 0 Å². The molecule has 1 aliphatic rings. The summed E-state index contributed by atoms with van der Waals surface area (Å²) in [5, 5.41) is 0.794. The Balaban J connectivity index is 0.000000547. The third-order valence-corrected chi connectivity index (χ3v) is 7.86. The van der Waals surface area contributed by atoms with E-state index in [0.717, 1.165) is 49.6 Å². The van der Waals surface area contributed by atoms with Gasteiger partial charge in [-0.1, -0.05) is 84.3 Å². The number of carbonyl (C=O) groups is 1. The van der Waals surface area contributed by atoms with Gasteiger partial charge in [0, 0.05) is 35.6 Å². The number of nitrogens with zero attached hydrogens (tertiary/aromatic N) is 3. The molecule has 3 aromatic carbocycles. The molecule has 212 valence electrons. The van der Waals surface area contributed by atoms with Crippen molar-refractivity contribution in [3.63, 3.8) is 0 Å². The van der Waals surface area contributed by atoms with Crippen LogP contribution in [0.5, 0.6) is 0 Å². The number of rotatable bonds is 11. The topological polar surface area (TPSA) is 36.0 Å². The van der Waals surface area contributed by atoms with Gasteiger partial charge in [-0.2, -0.15) is 0 Å². The standard InChI is InChI=1S/C27H35N3O2S.C6H5Cl/c1-3-18-30(27(31)32-23-24-12-6-4-7-13-24)25-16-21-29(22-17-25)20-11-10-19-28(2)33-26-14-8-5-9-15-26;7-6-4-2-1-3-5-6/h1,4-9,12-15,25H,10-11,16-23H2,2H3;1-5H. The second kappa shape index (κ2) is 18.4. The van der Waals surface area contributed by atoms with Gasteiger partial charge in [0.05, 0.1) is 6.54 Å². The minimum Gasteiger partial charge on any atom is -0.445 e. The Hall–Kier alpha value is -2.95. The van der Waals surface area contributed by atoms with E-state index in [1.54, 1.807) is 16.8 Å². The highest BCUT2D eigenvalue weighted by molar-refractivity contribution is 7.97. The molecule has 3 aromatic rings. The molecule has 1 fully saturated rings. The van der Waals surface area contributed by atoms with E-state index in [1.807, 2.05) is 66.7 Å². The van der Waals surface area contributed by atoms with Crippen LogP contribution in [-0.2, 0) is 11.3 Å². The lowest BCUT2D eigenvalue weighted by Gasteiger charge is -2.37. The van der Waals surface area contributed by atoms with Gasteiger partial charge in [0.1, 0.15) is 6.61 Å². The smallest absolute Gasteiger partial charge is 0.411 e. The number of hydrogen-bond acceptors (Lipinski definition) is 5. The number of unbranched alkanes of at least 4 members (excludes halogenated alkanes) is 1. The summed E-state index contributed by atoms with van der Waals surface area (Å²) in [6.07, 6.45) is 9.46. The third-order valence-electron chi connectivity index (χ3n) is 6.63. The van der Waals surface area contributed by atoms with E-state index >= 15 is 0 Å². The molecule has 0 spiro atoms. The Bertz CT molecular complexity index is 1140. The third kappa shape index (κ3) is 12.1. The summed E-state index contributed by atoms with van der Waals surface area (Å²) < 4.78 is 7.84. The summed E-state index contributed by atoms with van der Waals surface area (Å²) >= 11 is 7.34. The van der Waals surface area contributed by atoms with E-state index in [4.69, 9.17) is 22.8 Å². The SMILES string of the molecule is C#CCN(C(=O)OCc1ccccc1)C1CCN(CCCCN(C)Sc2ccccc2)CC1.Clc1ccccc1. The molecule has 40 heavy (non-hydrogen) atoms. The number of halogens is 1.